The Labute approximate surface area is 128 Å². The summed E-state index contributed by atoms with van der Waals surface area (Å²) >= 11 is 0. The van der Waals surface area contributed by atoms with E-state index in [9.17, 15) is 19.2 Å². The molecule has 0 spiro atoms. The molecule has 0 heterocycles. The SMILES string of the molecule is O=C=NC(CCCCCCCCC(N=C=O)N=C=O)N=C=O. The van der Waals surface area contributed by atoms with Crippen LogP contribution in [0.15, 0.2) is 20.0 Å². The predicted molar refractivity (Wildman–Crippen MR) is 77.0 cm³/mol. The lowest BCUT2D eigenvalue weighted by Gasteiger charge is -2.05. The molecule has 118 valence electrons. The Morgan fingerprint density at radius 3 is 1.05 bits per heavy atom. The van der Waals surface area contributed by atoms with Gasteiger partial charge in [0.2, 0.25) is 24.3 Å². The van der Waals surface area contributed by atoms with Gasteiger partial charge in [-0.25, -0.2) is 19.2 Å². The van der Waals surface area contributed by atoms with E-state index in [0.717, 1.165) is 38.5 Å². The van der Waals surface area contributed by atoms with Crippen LogP contribution in [-0.2, 0) is 19.2 Å². The first kappa shape index (κ1) is 19.5. The fraction of sp³-hybridized carbons (Fsp3) is 0.714. The maximum absolute atomic E-state index is 10.1. The molecule has 8 heteroatoms. The fourth-order valence-electron chi connectivity index (χ4n) is 1.92. The van der Waals surface area contributed by atoms with Crippen molar-refractivity contribution in [3.8, 4) is 0 Å². The monoisotopic (exact) mass is 306 g/mol. The van der Waals surface area contributed by atoms with Crippen LogP contribution in [0.1, 0.15) is 51.4 Å². The zero-order valence-electron chi connectivity index (χ0n) is 12.2. The van der Waals surface area contributed by atoms with E-state index >= 15 is 0 Å². The van der Waals surface area contributed by atoms with Gasteiger partial charge in [-0.05, 0) is 25.7 Å². The van der Waals surface area contributed by atoms with E-state index in [1.54, 1.807) is 0 Å². The number of rotatable bonds is 13. The van der Waals surface area contributed by atoms with Gasteiger partial charge in [-0.1, -0.05) is 25.7 Å². The average molecular weight is 306 g/mol. The Morgan fingerprint density at radius 2 is 0.773 bits per heavy atom. The van der Waals surface area contributed by atoms with E-state index < -0.39 is 12.3 Å². The summed E-state index contributed by atoms with van der Waals surface area (Å²) in [5.74, 6) is 0. The van der Waals surface area contributed by atoms with Gasteiger partial charge < -0.3 is 0 Å². The summed E-state index contributed by atoms with van der Waals surface area (Å²) < 4.78 is 0. The minimum absolute atomic E-state index is 0.522. The molecule has 0 saturated carbocycles. The standard InChI is InChI=1S/C14H18N4O4/c19-9-15-13(16-10-20)7-5-3-1-2-4-6-8-14(17-11-21)18-12-22/h13-14H,1-8H2. The van der Waals surface area contributed by atoms with Crippen LogP contribution in [0.4, 0.5) is 0 Å². The van der Waals surface area contributed by atoms with Crippen LogP contribution in [0.3, 0.4) is 0 Å². The summed E-state index contributed by atoms with van der Waals surface area (Å²) in [6.07, 6.45) is 10.7. The summed E-state index contributed by atoms with van der Waals surface area (Å²) in [6.45, 7) is 0. The molecule has 0 aliphatic heterocycles. The van der Waals surface area contributed by atoms with Gasteiger partial charge in [-0.15, -0.1) is 0 Å². The van der Waals surface area contributed by atoms with Crippen LogP contribution in [-0.4, -0.2) is 36.7 Å². The van der Waals surface area contributed by atoms with Gasteiger partial charge in [0.25, 0.3) is 0 Å². The molecule has 0 fully saturated rings. The smallest absolute Gasteiger partial charge is 0.211 e. The quantitative estimate of drug-likeness (QED) is 0.294. The predicted octanol–water partition coefficient (Wildman–Crippen LogP) is 2.10. The Kier molecular flexibility index (Phi) is 13.2. The van der Waals surface area contributed by atoms with Crippen molar-refractivity contribution >= 4 is 24.3 Å². The topological polar surface area (TPSA) is 118 Å². The maximum Gasteiger partial charge on any atom is 0.237 e. The van der Waals surface area contributed by atoms with Crippen molar-refractivity contribution in [1.29, 1.82) is 0 Å². The van der Waals surface area contributed by atoms with E-state index in [2.05, 4.69) is 20.0 Å². The third-order valence-corrected chi connectivity index (χ3v) is 2.98. The lowest BCUT2D eigenvalue weighted by Crippen LogP contribution is -2.00. The molecule has 0 aliphatic rings. The molecule has 0 aromatic heterocycles. The van der Waals surface area contributed by atoms with Gasteiger partial charge in [-0.3, -0.25) is 0 Å². The summed E-state index contributed by atoms with van der Waals surface area (Å²) in [4.78, 5) is 54.0. The first-order valence-electron chi connectivity index (χ1n) is 7.06. The fourth-order valence-corrected chi connectivity index (χ4v) is 1.92. The van der Waals surface area contributed by atoms with E-state index in [1.807, 2.05) is 0 Å². The van der Waals surface area contributed by atoms with Gasteiger partial charge >= 0.3 is 0 Å². The highest BCUT2D eigenvalue weighted by Crippen LogP contribution is 2.13. The zero-order valence-corrected chi connectivity index (χ0v) is 12.2. The molecule has 0 aliphatic carbocycles. The van der Waals surface area contributed by atoms with Crippen LogP contribution in [0.25, 0.3) is 0 Å². The van der Waals surface area contributed by atoms with Gasteiger partial charge in [0.05, 0.1) is 0 Å². The van der Waals surface area contributed by atoms with Crippen LogP contribution in [0.2, 0.25) is 0 Å². The minimum Gasteiger partial charge on any atom is -0.211 e. The van der Waals surface area contributed by atoms with Crippen LogP contribution in [0, 0.1) is 0 Å². The second kappa shape index (κ2) is 14.9. The number of aliphatic imine (C=N–C) groups is 4. The number of hydrogen-bond donors (Lipinski definition) is 0. The molecule has 22 heavy (non-hydrogen) atoms. The molecule has 0 unspecified atom stereocenters. The molecular weight excluding hydrogens is 288 g/mol. The third-order valence-electron chi connectivity index (χ3n) is 2.98. The van der Waals surface area contributed by atoms with Gasteiger partial charge in [-0.2, -0.15) is 20.0 Å². The van der Waals surface area contributed by atoms with E-state index in [-0.39, 0.29) is 0 Å². The molecule has 0 aromatic rings. The maximum atomic E-state index is 10.1. The van der Waals surface area contributed by atoms with Crippen molar-refractivity contribution in [2.75, 3.05) is 0 Å². The van der Waals surface area contributed by atoms with Crippen molar-refractivity contribution < 1.29 is 19.2 Å². The molecular formula is C14H18N4O4. The summed E-state index contributed by atoms with van der Waals surface area (Å²) in [5.41, 5.74) is 0. The molecule has 0 saturated heterocycles. The summed E-state index contributed by atoms with van der Waals surface area (Å²) in [7, 11) is 0. The molecule has 0 aromatic carbocycles. The lowest BCUT2D eigenvalue weighted by atomic mass is 10.1. The summed E-state index contributed by atoms with van der Waals surface area (Å²) in [6, 6.07) is 0. The summed E-state index contributed by atoms with van der Waals surface area (Å²) in [5, 5.41) is 0. The minimum atomic E-state index is -0.668. The Bertz CT molecular complexity index is 415. The number of isocyanates is 4. The van der Waals surface area contributed by atoms with Crippen molar-refractivity contribution in [2.45, 2.75) is 63.7 Å². The normalized spacial score (nSPS) is 11.8. The van der Waals surface area contributed by atoms with Gasteiger partial charge in [0.15, 0.2) is 12.3 Å². The zero-order chi connectivity index (χ0) is 16.5. The number of unbranched alkanes of at least 4 members (excludes halogenated alkanes) is 5. The number of hydrogen-bond acceptors (Lipinski definition) is 8. The van der Waals surface area contributed by atoms with Crippen molar-refractivity contribution in [3.63, 3.8) is 0 Å². The Morgan fingerprint density at radius 1 is 0.500 bits per heavy atom. The number of carbonyl (C=O) groups excluding carboxylic acids is 4. The second-order valence-electron chi connectivity index (χ2n) is 4.54. The largest absolute Gasteiger partial charge is 0.237 e. The van der Waals surface area contributed by atoms with Crippen LogP contribution in [0.5, 0.6) is 0 Å². The molecule has 0 N–H and O–H groups in total. The molecule has 0 amide bonds. The lowest BCUT2D eigenvalue weighted by molar-refractivity contribution is 0.505. The van der Waals surface area contributed by atoms with Gasteiger partial charge in [0, 0.05) is 0 Å². The van der Waals surface area contributed by atoms with Crippen molar-refractivity contribution in [1.82, 2.24) is 0 Å². The highest BCUT2D eigenvalue weighted by Gasteiger charge is 2.05. The number of nitrogens with zero attached hydrogens (tertiary/aromatic N) is 4. The average Bonchev–Trinajstić information content (AvgIpc) is 2.50. The van der Waals surface area contributed by atoms with Gasteiger partial charge in [0.1, 0.15) is 0 Å². The van der Waals surface area contributed by atoms with Crippen molar-refractivity contribution in [2.24, 2.45) is 20.0 Å². The Balaban J connectivity index is 3.69. The molecule has 0 radical (unpaired) electrons. The molecule has 8 nitrogen and oxygen atoms in total. The van der Waals surface area contributed by atoms with Crippen LogP contribution >= 0.6 is 0 Å². The van der Waals surface area contributed by atoms with E-state index in [4.69, 9.17) is 0 Å². The third kappa shape index (κ3) is 11.4. The highest BCUT2D eigenvalue weighted by atomic mass is 16.1. The highest BCUT2D eigenvalue weighted by molar-refractivity contribution is 5.37. The van der Waals surface area contributed by atoms with Crippen LogP contribution < -0.4 is 0 Å². The first-order valence-corrected chi connectivity index (χ1v) is 7.06. The molecule has 0 bridgehead atoms. The Hall–Kier alpha value is -2.48. The molecule has 0 rings (SSSR count). The van der Waals surface area contributed by atoms with E-state index in [1.165, 1.54) is 24.3 Å². The second-order valence-corrected chi connectivity index (χ2v) is 4.54. The molecule has 0 atom stereocenters. The van der Waals surface area contributed by atoms with E-state index in [0.29, 0.717) is 12.8 Å². The van der Waals surface area contributed by atoms with Crippen molar-refractivity contribution in [3.05, 3.63) is 0 Å². The first-order chi connectivity index (χ1) is 10.8.